The number of nitrogens with two attached hydrogens (primary N) is 1. The lowest BCUT2D eigenvalue weighted by molar-refractivity contribution is 0.472. The number of aromatic nitrogens is 1. The predicted octanol–water partition coefficient (Wildman–Crippen LogP) is 3.61. The first-order valence-corrected chi connectivity index (χ1v) is 7.03. The van der Waals surface area contributed by atoms with Crippen LogP contribution in [0.3, 0.4) is 0 Å². The molecule has 1 aliphatic heterocycles. The third-order valence-corrected chi connectivity index (χ3v) is 3.77. The minimum absolute atomic E-state index is 0.269. The van der Waals surface area contributed by atoms with E-state index in [0.717, 1.165) is 35.5 Å². The molecule has 1 aliphatic rings. The molecule has 2 rings (SSSR count). The van der Waals surface area contributed by atoms with Gasteiger partial charge in [-0.25, -0.2) is 4.98 Å². The molecule has 2 heterocycles. The van der Waals surface area contributed by atoms with Crippen molar-refractivity contribution in [3.05, 3.63) is 28.4 Å². The molecule has 0 atom stereocenters. The fourth-order valence-corrected chi connectivity index (χ4v) is 2.60. The van der Waals surface area contributed by atoms with Crippen LogP contribution < -0.4 is 10.6 Å². The molecule has 0 radical (unpaired) electrons. The Morgan fingerprint density at radius 2 is 2.11 bits per heavy atom. The van der Waals surface area contributed by atoms with Gasteiger partial charge in [0.15, 0.2) is 5.82 Å². The standard InChI is InChI=1S/C14H20BrN3/c1-14(2,3)10-4-6-18(7-5-10)13-12(16)8-11(15)9-17-13/h4,8-9H,5-7,16H2,1-3H3. The Kier molecular flexibility index (Phi) is 3.66. The highest BCUT2D eigenvalue weighted by molar-refractivity contribution is 9.10. The van der Waals surface area contributed by atoms with Gasteiger partial charge in [0.1, 0.15) is 0 Å². The van der Waals surface area contributed by atoms with Gasteiger partial charge >= 0.3 is 0 Å². The lowest BCUT2D eigenvalue weighted by atomic mass is 9.83. The normalized spacial score (nSPS) is 16.7. The van der Waals surface area contributed by atoms with Crippen molar-refractivity contribution < 1.29 is 0 Å². The van der Waals surface area contributed by atoms with Gasteiger partial charge in [-0.3, -0.25) is 0 Å². The Bertz CT molecular complexity index is 474. The van der Waals surface area contributed by atoms with E-state index in [1.807, 2.05) is 6.07 Å². The third-order valence-electron chi connectivity index (χ3n) is 3.33. The van der Waals surface area contributed by atoms with Crippen LogP contribution in [0.2, 0.25) is 0 Å². The summed E-state index contributed by atoms with van der Waals surface area (Å²) in [5, 5.41) is 0. The van der Waals surface area contributed by atoms with Crippen LogP contribution in [-0.2, 0) is 0 Å². The fourth-order valence-electron chi connectivity index (χ4n) is 2.25. The molecule has 1 aromatic heterocycles. The summed E-state index contributed by atoms with van der Waals surface area (Å²) in [6, 6.07) is 1.91. The molecule has 0 unspecified atom stereocenters. The van der Waals surface area contributed by atoms with Crippen LogP contribution in [0, 0.1) is 5.41 Å². The number of rotatable bonds is 1. The maximum absolute atomic E-state index is 6.02. The molecule has 98 valence electrons. The molecule has 1 aromatic rings. The van der Waals surface area contributed by atoms with Gasteiger partial charge in [-0.2, -0.15) is 0 Å². The van der Waals surface area contributed by atoms with Crippen molar-refractivity contribution in [2.45, 2.75) is 27.2 Å². The highest BCUT2D eigenvalue weighted by Gasteiger charge is 2.22. The molecule has 4 heteroatoms. The maximum Gasteiger partial charge on any atom is 0.152 e. The summed E-state index contributed by atoms with van der Waals surface area (Å²) in [5.74, 6) is 0.891. The number of pyridine rings is 1. The summed E-state index contributed by atoms with van der Waals surface area (Å²) in [5.41, 5.74) is 8.54. The molecule has 3 nitrogen and oxygen atoms in total. The Hall–Kier alpha value is -1.03. The Balaban J connectivity index is 2.17. The average Bonchev–Trinajstić information content (AvgIpc) is 2.28. The van der Waals surface area contributed by atoms with Gasteiger partial charge in [0.2, 0.25) is 0 Å². The number of hydrogen-bond donors (Lipinski definition) is 1. The summed E-state index contributed by atoms with van der Waals surface area (Å²) >= 11 is 3.38. The SMILES string of the molecule is CC(C)(C)C1=CCN(c2ncc(Br)cc2N)CC1. The number of anilines is 2. The molecule has 0 aliphatic carbocycles. The van der Waals surface area contributed by atoms with Crippen LogP contribution in [0.1, 0.15) is 27.2 Å². The molecule has 2 N–H and O–H groups in total. The van der Waals surface area contributed by atoms with Gasteiger partial charge < -0.3 is 10.6 Å². The zero-order valence-corrected chi connectivity index (χ0v) is 12.8. The van der Waals surface area contributed by atoms with E-state index in [1.54, 1.807) is 6.20 Å². The van der Waals surface area contributed by atoms with Crippen molar-refractivity contribution in [1.82, 2.24) is 4.98 Å². The van der Waals surface area contributed by atoms with Crippen LogP contribution in [-0.4, -0.2) is 18.1 Å². The minimum Gasteiger partial charge on any atom is -0.396 e. The number of nitrogen functional groups attached to an aromatic ring is 1. The number of nitrogens with zero attached hydrogens (tertiary/aromatic N) is 2. The van der Waals surface area contributed by atoms with Gasteiger partial charge in [0.25, 0.3) is 0 Å². The summed E-state index contributed by atoms with van der Waals surface area (Å²) in [7, 11) is 0. The summed E-state index contributed by atoms with van der Waals surface area (Å²) in [6.07, 6.45) is 5.20. The first-order chi connectivity index (χ1) is 8.38. The highest BCUT2D eigenvalue weighted by atomic mass is 79.9. The van der Waals surface area contributed by atoms with Gasteiger partial charge in [0.05, 0.1) is 5.69 Å². The van der Waals surface area contributed by atoms with Crippen molar-refractivity contribution >= 4 is 27.4 Å². The zero-order valence-electron chi connectivity index (χ0n) is 11.2. The lowest BCUT2D eigenvalue weighted by Gasteiger charge is -2.33. The van der Waals surface area contributed by atoms with Crippen LogP contribution in [0.25, 0.3) is 0 Å². The van der Waals surface area contributed by atoms with E-state index in [2.05, 4.69) is 52.7 Å². The third kappa shape index (κ3) is 2.86. The van der Waals surface area contributed by atoms with Crippen molar-refractivity contribution in [3.8, 4) is 0 Å². The van der Waals surface area contributed by atoms with Crippen molar-refractivity contribution in [1.29, 1.82) is 0 Å². The molecule has 0 aromatic carbocycles. The van der Waals surface area contributed by atoms with Gasteiger partial charge in [-0.05, 0) is 33.8 Å². The second-order valence-corrected chi connectivity index (χ2v) is 6.66. The number of halogens is 1. The minimum atomic E-state index is 0.269. The Morgan fingerprint density at radius 3 is 2.61 bits per heavy atom. The van der Waals surface area contributed by atoms with E-state index < -0.39 is 0 Å². The van der Waals surface area contributed by atoms with Crippen molar-refractivity contribution in [2.75, 3.05) is 23.7 Å². The van der Waals surface area contributed by atoms with Crippen molar-refractivity contribution in [3.63, 3.8) is 0 Å². The lowest BCUT2D eigenvalue weighted by Crippen LogP contribution is -2.32. The van der Waals surface area contributed by atoms with Crippen LogP contribution in [0.15, 0.2) is 28.4 Å². The first kappa shape index (κ1) is 13.4. The van der Waals surface area contributed by atoms with E-state index in [4.69, 9.17) is 5.73 Å². The molecular weight excluding hydrogens is 290 g/mol. The maximum atomic E-state index is 6.02. The Labute approximate surface area is 117 Å². The zero-order chi connectivity index (χ0) is 13.3. The quantitative estimate of drug-likeness (QED) is 0.806. The number of hydrogen-bond acceptors (Lipinski definition) is 3. The van der Waals surface area contributed by atoms with E-state index in [1.165, 1.54) is 5.57 Å². The van der Waals surface area contributed by atoms with Gasteiger partial charge in [-0.1, -0.05) is 32.4 Å². The molecular formula is C14H20BrN3. The fraction of sp³-hybridized carbons (Fsp3) is 0.500. The highest BCUT2D eigenvalue weighted by Crippen LogP contribution is 2.32. The van der Waals surface area contributed by atoms with Crippen LogP contribution >= 0.6 is 15.9 Å². The summed E-state index contributed by atoms with van der Waals surface area (Å²) in [4.78, 5) is 6.65. The smallest absolute Gasteiger partial charge is 0.152 e. The monoisotopic (exact) mass is 309 g/mol. The molecule has 0 bridgehead atoms. The molecule has 0 saturated heterocycles. The van der Waals surface area contributed by atoms with Crippen LogP contribution in [0.5, 0.6) is 0 Å². The molecule has 0 fully saturated rings. The van der Waals surface area contributed by atoms with E-state index >= 15 is 0 Å². The second-order valence-electron chi connectivity index (χ2n) is 5.74. The second kappa shape index (κ2) is 4.92. The van der Waals surface area contributed by atoms with Gasteiger partial charge in [-0.15, -0.1) is 0 Å². The molecule has 18 heavy (non-hydrogen) atoms. The topological polar surface area (TPSA) is 42.2 Å². The molecule has 0 spiro atoms. The average molecular weight is 310 g/mol. The van der Waals surface area contributed by atoms with E-state index in [-0.39, 0.29) is 5.41 Å². The van der Waals surface area contributed by atoms with Crippen LogP contribution in [0.4, 0.5) is 11.5 Å². The Morgan fingerprint density at radius 1 is 1.39 bits per heavy atom. The summed E-state index contributed by atoms with van der Waals surface area (Å²) < 4.78 is 0.923. The van der Waals surface area contributed by atoms with Gasteiger partial charge in [0, 0.05) is 23.8 Å². The predicted molar refractivity (Wildman–Crippen MR) is 80.7 cm³/mol. The van der Waals surface area contributed by atoms with E-state index in [9.17, 15) is 0 Å². The largest absolute Gasteiger partial charge is 0.396 e. The summed E-state index contributed by atoms with van der Waals surface area (Å²) in [6.45, 7) is 8.68. The molecule has 0 amide bonds. The van der Waals surface area contributed by atoms with Crippen molar-refractivity contribution in [2.24, 2.45) is 5.41 Å². The van der Waals surface area contributed by atoms with E-state index in [0.29, 0.717) is 0 Å². The molecule has 0 saturated carbocycles. The first-order valence-electron chi connectivity index (χ1n) is 6.23.